The first-order chi connectivity index (χ1) is 8.83. The summed E-state index contributed by atoms with van der Waals surface area (Å²) in [6.07, 6.45) is 6.63. The predicted octanol–water partition coefficient (Wildman–Crippen LogP) is 2.51. The molecule has 2 heterocycles. The zero-order valence-corrected chi connectivity index (χ0v) is 11.6. The molecule has 102 valence electrons. The standard InChI is InChI=1S/C14H25N3O/c1-3-14(4-2)17-8-5-13(16-17)11-15-12-6-9-18-10-7-12/h5,8,12,14-15H,3-4,6-7,9-11H2,1-2H3. The van der Waals surface area contributed by atoms with Crippen molar-refractivity contribution in [1.82, 2.24) is 15.1 Å². The highest BCUT2D eigenvalue weighted by atomic mass is 16.5. The van der Waals surface area contributed by atoms with Crippen LogP contribution in [0.5, 0.6) is 0 Å². The van der Waals surface area contributed by atoms with Gasteiger partial charge in [-0.05, 0) is 31.7 Å². The molecule has 0 radical (unpaired) electrons. The Morgan fingerprint density at radius 3 is 2.78 bits per heavy atom. The molecule has 0 bridgehead atoms. The fraction of sp³-hybridized carbons (Fsp3) is 0.786. The summed E-state index contributed by atoms with van der Waals surface area (Å²) in [6, 6.07) is 3.27. The van der Waals surface area contributed by atoms with Crippen LogP contribution in [0.4, 0.5) is 0 Å². The minimum Gasteiger partial charge on any atom is -0.381 e. The second-order valence-electron chi connectivity index (χ2n) is 5.02. The molecule has 1 fully saturated rings. The maximum Gasteiger partial charge on any atom is 0.0762 e. The van der Waals surface area contributed by atoms with Crippen LogP contribution in [0.1, 0.15) is 51.3 Å². The van der Waals surface area contributed by atoms with Gasteiger partial charge in [0.25, 0.3) is 0 Å². The van der Waals surface area contributed by atoms with E-state index < -0.39 is 0 Å². The molecule has 0 amide bonds. The Balaban J connectivity index is 1.82. The highest BCUT2D eigenvalue weighted by Gasteiger charge is 2.13. The molecular weight excluding hydrogens is 226 g/mol. The van der Waals surface area contributed by atoms with Crippen LogP contribution in [-0.4, -0.2) is 29.0 Å². The number of hydrogen-bond acceptors (Lipinski definition) is 3. The number of rotatable bonds is 6. The minimum absolute atomic E-state index is 0.543. The molecule has 0 saturated carbocycles. The molecule has 0 aliphatic carbocycles. The van der Waals surface area contributed by atoms with E-state index in [4.69, 9.17) is 4.74 Å². The molecule has 4 heteroatoms. The average molecular weight is 251 g/mol. The van der Waals surface area contributed by atoms with E-state index in [2.05, 4.69) is 41.2 Å². The molecule has 1 aliphatic heterocycles. The Bertz CT molecular complexity index is 341. The van der Waals surface area contributed by atoms with Gasteiger partial charge in [0.15, 0.2) is 0 Å². The zero-order valence-electron chi connectivity index (χ0n) is 11.6. The van der Waals surface area contributed by atoms with Crippen molar-refractivity contribution in [2.45, 2.75) is 58.2 Å². The van der Waals surface area contributed by atoms with E-state index in [-0.39, 0.29) is 0 Å². The van der Waals surface area contributed by atoms with Gasteiger partial charge >= 0.3 is 0 Å². The molecular formula is C14H25N3O. The first-order valence-electron chi connectivity index (χ1n) is 7.18. The van der Waals surface area contributed by atoms with Gasteiger partial charge in [-0.25, -0.2) is 0 Å². The van der Waals surface area contributed by atoms with Crippen molar-refractivity contribution < 1.29 is 4.74 Å². The fourth-order valence-corrected chi connectivity index (χ4v) is 2.49. The van der Waals surface area contributed by atoms with E-state index in [1.165, 1.54) is 0 Å². The summed E-state index contributed by atoms with van der Waals surface area (Å²) in [5.41, 5.74) is 1.15. The predicted molar refractivity (Wildman–Crippen MR) is 72.5 cm³/mol. The third kappa shape index (κ3) is 3.56. The van der Waals surface area contributed by atoms with E-state index >= 15 is 0 Å². The molecule has 0 spiro atoms. The van der Waals surface area contributed by atoms with Gasteiger partial charge in [0.05, 0.1) is 11.7 Å². The van der Waals surface area contributed by atoms with Crippen molar-refractivity contribution in [3.63, 3.8) is 0 Å². The quantitative estimate of drug-likeness (QED) is 0.844. The van der Waals surface area contributed by atoms with E-state index in [0.717, 1.165) is 51.1 Å². The van der Waals surface area contributed by atoms with Gasteiger partial charge in [0.1, 0.15) is 0 Å². The van der Waals surface area contributed by atoms with Crippen LogP contribution >= 0.6 is 0 Å². The lowest BCUT2D eigenvalue weighted by atomic mass is 10.1. The molecule has 0 aromatic carbocycles. The summed E-state index contributed by atoms with van der Waals surface area (Å²) in [5, 5.41) is 8.23. The van der Waals surface area contributed by atoms with Gasteiger partial charge in [0, 0.05) is 32.0 Å². The summed E-state index contributed by atoms with van der Waals surface area (Å²) < 4.78 is 7.47. The molecule has 0 unspecified atom stereocenters. The largest absolute Gasteiger partial charge is 0.381 e. The van der Waals surface area contributed by atoms with Crippen molar-refractivity contribution >= 4 is 0 Å². The Kier molecular flexibility index (Phi) is 5.20. The van der Waals surface area contributed by atoms with Crippen LogP contribution in [-0.2, 0) is 11.3 Å². The fourth-order valence-electron chi connectivity index (χ4n) is 2.49. The number of nitrogens with zero attached hydrogens (tertiary/aromatic N) is 2. The number of nitrogens with one attached hydrogen (secondary N) is 1. The lowest BCUT2D eigenvalue weighted by Gasteiger charge is -2.22. The Morgan fingerprint density at radius 2 is 2.11 bits per heavy atom. The molecule has 1 aliphatic rings. The van der Waals surface area contributed by atoms with Crippen molar-refractivity contribution in [3.05, 3.63) is 18.0 Å². The van der Waals surface area contributed by atoms with Gasteiger partial charge in [-0.2, -0.15) is 5.10 Å². The van der Waals surface area contributed by atoms with Crippen LogP contribution < -0.4 is 5.32 Å². The van der Waals surface area contributed by atoms with Crippen molar-refractivity contribution in [2.75, 3.05) is 13.2 Å². The molecule has 4 nitrogen and oxygen atoms in total. The van der Waals surface area contributed by atoms with Crippen LogP contribution in [0.15, 0.2) is 12.3 Å². The summed E-state index contributed by atoms with van der Waals surface area (Å²) in [4.78, 5) is 0. The van der Waals surface area contributed by atoms with Crippen LogP contribution in [0.25, 0.3) is 0 Å². The van der Waals surface area contributed by atoms with Gasteiger partial charge in [-0.1, -0.05) is 13.8 Å². The summed E-state index contributed by atoms with van der Waals surface area (Å²) in [5.74, 6) is 0. The van der Waals surface area contributed by atoms with Crippen molar-refractivity contribution in [3.8, 4) is 0 Å². The Hall–Kier alpha value is -0.870. The molecule has 1 aromatic heterocycles. The second kappa shape index (κ2) is 6.90. The molecule has 18 heavy (non-hydrogen) atoms. The number of hydrogen-bond donors (Lipinski definition) is 1. The van der Waals surface area contributed by atoms with Crippen molar-refractivity contribution in [2.24, 2.45) is 0 Å². The van der Waals surface area contributed by atoms with Crippen molar-refractivity contribution in [1.29, 1.82) is 0 Å². The first-order valence-corrected chi connectivity index (χ1v) is 7.18. The molecule has 0 atom stereocenters. The third-order valence-electron chi connectivity index (χ3n) is 3.77. The van der Waals surface area contributed by atoms with E-state index in [1.54, 1.807) is 0 Å². The third-order valence-corrected chi connectivity index (χ3v) is 3.77. The van der Waals surface area contributed by atoms with Gasteiger partial charge < -0.3 is 10.1 Å². The molecule has 1 N–H and O–H groups in total. The Morgan fingerprint density at radius 1 is 1.39 bits per heavy atom. The van der Waals surface area contributed by atoms with E-state index in [1.807, 2.05) is 0 Å². The smallest absolute Gasteiger partial charge is 0.0762 e. The van der Waals surface area contributed by atoms with Gasteiger partial charge in [-0.3, -0.25) is 4.68 Å². The summed E-state index contributed by atoms with van der Waals surface area (Å²) >= 11 is 0. The summed E-state index contributed by atoms with van der Waals surface area (Å²) in [6.45, 7) is 7.09. The topological polar surface area (TPSA) is 39.1 Å². The van der Waals surface area contributed by atoms with Crippen LogP contribution in [0.3, 0.4) is 0 Å². The SMILES string of the molecule is CCC(CC)n1ccc(CNC2CCOCC2)n1. The highest BCUT2D eigenvalue weighted by molar-refractivity contribution is 4.99. The monoisotopic (exact) mass is 251 g/mol. The minimum atomic E-state index is 0.543. The normalized spacial score (nSPS) is 17.5. The lowest BCUT2D eigenvalue weighted by Crippen LogP contribution is -2.34. The summed E-state index contributed by atoms with van der Waals surface area (Å²) in [7, 11) is 0. The van der Waals surface area contributed by atoms with E-state index in [9.17, 15) is 0 Å². The number of ether oxygens (including phenoxy) is 1. The average Bonchev–Trinajstić information content (AvgIpc) is 2.88. The molecule has 2 rings (SSSR count). The lowest BCUT2D eigenvalue weighted by molar-refractivity contribution is 0.0775. The highest BCUT2D eigenvalue weighted by Crippen LogP contribution is 2.14. The first kappa shape index (κ1) is 13.6. The van der Waals surface area contributed by atoms with Crippen LogP contribution in [0, 0.1) is 0 Å². The van der Waals surface area contributed by atoms with Gasteiger partial charge in [-0.15, -0.1) is 0 Å². The van der Waals surface area contributed by atoms with Crippen LogP contribution in [0.2, 0.25) is 0 Å². The van der Waals surface area contributed by atoms with E-state index in [0.29, 0.717) is 12.1 Å². The Labute approximate surface area is 110 Å². The molecule has 1 saturated heterocycles. The van der Waals surface area contributed by atoms with Gasteiger partial charge in [0.2, 0.25) is 0 Å². The number of aromatic nitrogens is 2. The maximum atomic E-state index is 5.36. The zero-order chi connectivity index (χ0) is 12.8. The maximum absolute atomic E-state index is 5.36. The molecule has 1 aromatic rings. The second-order valence-corrected chi connectivity index (χ2v) is 5.02.